The van der Waals surface area contributed by atoms with Crippen molar-refractivity contribution < 1.29 is 0 Å². The van der Waals surface area contributed by atoms with Crippen molar-refractivity contribution >= 4 is 34.0 Å². The quantitative estimate of drug-likeness (QED) is 0.297. The summed E-state index contributed by atoms with van der Waals surface area (Å²) in [6, 6.07) is 20.7. The molecule has 0 saturated carbocycles. The summed E-state index contributed by atoms with van der Waals surface area (Å²) in [5, 5.41) is 3.90. The lowest BCUT2D eigenvalue weighted by Gasteiger charge is -2.31. The molecule has 0 aliphatic heterocycles. The lowest BCUT2D eigenvalue weighted by Crippen LogP contribution is -2.19. The highest BCUT2D eigenvalue weighted by Gasteiger charge is 2.28. The fourth-order valence-corrected chi connectivity index (χ4v) is 4.90. The third-order valence-corrected chi connectivity index (χ3v) is 7.86. The summed E-state index contributed by atoms with van der Waals surface area (Å²) < 4.78 is 1.22. The van der Waals surface area contributed by atoms with Gasteiger partial charge in [0.05, 0.1) is 11.4 Å². The van der Waals surface area contributed by atoms with Gasteiger partial charge in [0.2, 0.25) is 0 Å². The second-order valence-corrected chi connectivity index (χ2v) is 15.5. The third-order valence-electron chi connectivity index (χ3n) is 6.92. The summed E-state index contributed by atoms with van der Waals surface area (Å²) in [6.07, 6.45) is 0. The molecule has 0 fully saturated rings. The van der Waals surface area contributed by atoms with E-state index in [1.54, 1.807) is 0 Å². The number of nitrogens with one attached hydrogen (secondary N) is 1. The number of hydrogen-bond acceptors (Lipinski definition) is 1. The van der Waals surface area contributed by atoms with Crippen LogP contribution in [-0.4, -0.2) is 0 Å². The maximum atomic E-state index is 3.90. The molecule has 0 aliphatic carbocycles. The zero-order valence-corrected chi connectivity index (χ0v) is 26.7. The van der Waals surface area contributed by atoms with Crippen molar-refractivity contribution in [2.75, 3.05) is 5.32 Å². The van der Waals surface area contributed by atoms with Gasteiger partial charge in [-0.15, -0.1) is 0 Å². The number of benzene rings is 3. The molecular weight excluding hydrogens is 549 g/mol. The van der Waals surface area contributed by atoms with E-state index in [0.717, 1.165) is 5.69 Å². The molecule has 1 N–H and O–H groups in total. The van der Waals surface area contributed by atoms with Crippen LogP contribution in [0.4, 0.5) is 11.4 Å². The molecule has 0 aliphatic rings. The first-order valence-corrected chi connectivity index (χ1v) is 14.2. The van der Waals surface area contributed by atoms with Crippen LogP contribution in [0.15, 0.2) is 54.6 Å². The van der Waals surface area contributed by atoms with Crippen LogP contribution >= 0.6 is 22.6 Å². The molecule has 0 aromatic heterocycles. The Kier molecular flexibility index (Phi) is 7.84. The normalized spacial score (nSPS) is 13.1. The van der Waals surface area contributed by atoms with Crippen molar-refractivity contribution in [2.24, 2.45) is 0 Å². The fraction of sp³-hybridized carbons (Fsp3) is 0.471. The Morgan fingerprint density at radius 3 is 1.47 bits per heavy atom. The second kappa shape index (κ2) is 9.82. The summed E-state index contributed by atoms with van der Waals surface area (Å²) in [6.45, 7) is 27.8. The van der Waals surface area contributed by atoms with E-state index in [4.69, 9.17) is 0 Å². The SMILES string of the molecule is CC(C)(C)c1cc(-c2cc(C(C)(C)C)cc(C(C)(C)C)c2Nc2ccccc2I)cc(C(C)(C)C)c1. The van der Waals surface area contributed by atoms with Gasteiger partial charge in [0, 0.05) is 9.13 Å². The van der Waals surface area contributed by atoms with E-state index in [0.29, 0.717) is 0 Å². The summed E-state index contributed by atoms with van der Waals surface area (Å²) >= 11 is 2.43. The van der Waals surface area contributed by atoms with E-state index >= 15 is 0 Å². The second-order valence-electron chi connectivity index (χ2n) is 14.4. The van der Waals surface area contributed by atoms with Gasteiger partial charge in [0.25, 0.3) is 0 Å². The van der Waals surface area contributed by atoms with Crippen LogP contribution in [0.5, 0.6) is 0 Å². The van der Waals surface area contributed by atoms with Gasteiger partial charge in [-0.1, -0.05) is 119 Å². The molecule has 0 unspecified atom stereocenters. The molecule has 0 heterocycles. The molecule has 1 nitrogen and oxygen atoms in total. The lowest BCUT2D eigenvalue weighted by molar-refractivity contribution is 0.567. The van der Waals surface area contributed by atoms with Gasteiger partial charge in [-0.2, -0.15) is 0 Å². The Morgan fingerprint density at radius 1 is 0.556 bits per heavy atom. The monoisotopic (exact) mass is 595 g/mol. The minimum atomic E-state index is -0.0208. The Balaban J connectivity index is 2.47. The van der Waals surface area contributed by atoms with E-state index < -0.39 is 0 Å². The number of halogens is 1. The van der Waals surface area contributed by atoms with Crippen molar-refractivity contribution in [2.45, 2.75) is 105 Å². The van der Waals surface area contributed by atoms with E-state index in [-0.39, 0.29) is 21.7 Å². The smallest absolute Gasteiger partial charge is 0.0520 e. The van der Waals surface area contributed by atoms with E-state index in [2.05, 4.69) is 166 Å². The fourth-order valence-electron chi connectivity index (χ4n) is 4.38. The molecule has 0 amide bonds. The zero-order valence-electron chi connectivity index (χ0n) is 24.6. The standard InChI is InChI=1S/C34H46IN/c1-31(2,3)23-17-22(18-24(19-23)32(4,5)6)26-20-25(33(7,8)9)21-27(34(10,11)12)30(26)36-29-16-14-13-15-28(29)35/h13-21,36H,1-12H3. The molecule has 3 rings (SSSR count). The average Bonchev–Trinajstić information content (AvgIpc) is 2.72. The predicted octanol–water partition coefficient (Wildman–Crippen LogP) is 10.9. The summed E-state index contributed by atoms with van der Waals surface area (Å²) in [4.78, 5) is 0. The Labute approximate surface area is 234 Å². The number of para-hydroxylation sites is 1. The first kappa shape index (κ1) is 28.8. The van der Waals surface area contributed by atoms with Gasteiger partial charge in [0.1, 0.15) is 0 Å². The van der Waals surface area contributed by atoms with Gasteiger partial charge in [-0.3, -0.25) is 0 Å². The van der Waals surface area contributed by atoms with E-state index in [1.165, 1.54) is 42.6 Å². The van der Waals surface area contributed by atoms with Crippen LogP contribution in [0, 0.1) is 3.57 Å². The molecule has 2 heteroatoms. The van der Waals surface area contributed by atoms with E-state index in [1.807, 2.05) is 0 Å². The van der Waals surface area contributed by atoms with Crippen molar-refractivity contribution in [1.29, 1.82) is 0 Å². The van der Waals surface area contributed by atoms with Gasteiger partial charge < -0.3 is 5.32 Å². The van der Waals surface area contributed by atoms with Gasteiger partial charge in [0.15, 0.2) is 0 Å². The van der Waals surface area contributed by atoms with E-state index in [9.17, 15) is 0 Å². The van der Waals surface area contributed by atoms with Crippen LogP contribution in [0.2, 0.25) is 0 Å². The topological polar surface area (TPSA) is 12.0 Å². The minimum Gasteiger partial charge on any atom is -0.354 e. The van der Waals surface area contributed by atoms with Crippen LogP contribution in [0.3, 0.4) is 0 Å². The predicted molar refractivity (Wildman–Crippen MR) is 169 cm³/mol. The summed E-state index contributed by atoms with van der Waals surface area (Å²) in [7, 11) is 0. The average molecular weight is 596 g/mol. The zero-order chi connectivity index (χ0) is 27.3. The largest absolute Gasteiger partial charge is 0.354 e. The van der Waals surface area contributed by atoms with Crippen LogP contribution in [0.1, 0.15) is 105 Å². The molecule has 194 valence electrons. The summed E-state index contributed by atoms with van der Waals surface area (Å²) in [5.41, 5.74) is 10.6. The minimum absolute atomic E-state index is 0.0208. The Hall–Kier alpha value is -1.81. The Morgan fingerprint density at radius 2 is 1.03 bits per heavy atom. The molecule has 0 spiro atoms. The molecule has 3 aromatic rings. The van der Waals surface area contributed by atoms with Crippen molar-refractivity contribution in [3.05, 3.63) is 80.4 Å². The molecule has 3 aromatic carbocycles. The van der Waals surface area contributed by atoms with Crippen LogP contribution < -0.4 is 5.32 Å². The lowest BCUT2D eigenvalue weighted by atomic mass is 9.75. The van der Waals surface area contributed by atoms with Crippen molar-refractivity contribution in [3.63, 3.8) is 0 Å². The van der Waals surface area contributed by atoms with Crippen molar-refractivity contribution in [1.82, 2.24) is 0 Å². The molecular formula is C34H46IN. The van der Waals surface area contributed by atoms with Gasteiger partial charge in [-0.25, -0.2) is 0 Å². The number of anilines is 2. The highest BCUT2D eigenvalue weighted by atomic mass is 127. The maximum Gasteiger partial charge on any atom is 0.0520 e. The van der Waals surface area contributed by atoms with Gasteiger partial charge in [-0.05, 0) is 90.3 Å². The summed E-state index contributed by atoms with van der Waals surface area (Å²) in [5.74, 6) is 0. The number of rotatable bonds is 3. The third kappa shape index (κ3) is 6.54. The Bertz CT molecular complexity index is 1210. The molecule has 36 heavy (non-hydrogen) atoms. The van der Waals surface area contributed by atoms with Crippen LogP contribution in [0.25, 0.3) is 11.1 Å². The molecule has 0 saturated heterocycles. The highest BCUT2D eigenvalue weighted by molar-refractivity contribution is 14.1. The highest BCUT2D eigenvalue weighted by Crippen LogP contribution is 2.44. The van der Waals surface area contributed by atoms with Gasteiger partial charge >= 0.3 is 0 Å². The molecule has 0 bridgehead atoms. The molecule has 0 atom stereocenters. The van der Waals surface area contributed by atoms with Crippen molar-refractivity contribution in [3.8, 4) is 11.1 Å². The van der Waals surface area contributed by atoms with Crippen LogP contribution in [-0.2, 0) is 21.7 Å². The molecule has 0 radical (unpaired) electrons. The number of hydrogen-bond donors (Lipinski definition) is 1. The first-order chi connectivity index (χ1) is 16.3. The maximum absolute atomic E-state index is 3.90. The first-order valence-electron chi connectivity index (χ1n) is 13.2.